The molecule has 1 aromatic heterocycles. The van der Waals surface area contributed by atoms with E-state index < -0.39 is 6.10 Å². The van der Waals surface area contributed by atoms with Gasteiger partial charge in [0, 0.05) is 17.5 Å². The van der Waals surface area contributed by atoms with E-state index in [2.05, 4.69) is 23.3 Å². The van der Waals surface area contributed by atoms with Gasteiger partial charge in [-0.2, -0.15) is 0 Å². The first-order chi connectivity index (χ1) is 9.02. The van der Waals surface area contributed by atoms with Crippen molar-refractivity contribution in [2.45, 2.75) is 38.5 Å². The molecule has 106 valence electrons. The van der Waals surface area contributed by atoms with E-state index in [1.807, 2.05) is 7.05 Å². The molecule has 1 saturated carbocycles. The van der Waals surface area contributed by atoms with Crippen molar-refractivity contribution in [3.05, 3.63) is 21.9 Å². The fourth-order valence-electron chi connectivity index (χ4n) is 2.74. The van der Waals surface area contributed by atoms with Gasteiger partial charge in [-0.15, -0.1) is 11.3 Å². The standard InChI is InChI=1S/C14H21NO3S/c1-9-4-5-19-13(9)8-15(2)11-6-10(7-12(11)16)14(17)18-3/h4-5,10-12,16H,6-8H2,1-3H3. The Bertz CT molecular complexity index is 446. The molecule has 0 aromatic carbocycles. The summed E-state index contributed by atoms with van der Waals surface area (Å²) >= 11 is 1.73. The number of hydrogen-bond acceptors (Lipinski definition) is 5. The fraction of sp³-hybridized carbons (Fsp3) is 0.643. The second-order valence-corrected chi connectivity index (χ2v) is 6.27. The summed E-state index contributed by atoms with van der Waals surface area (Å²) in [5.74, 6) is -0.376. The Balaban J connectivity index is 1.98. The van der Waals surface area contributed by atoms with Gasteiger partial charge in [-0.1, -0.05) is 0 Å². The Morgan fingerprint density at radius 3 is 2.89 bits per heavy atom. The Morgan fingerprint density at radius 1 is 1.58 bits per heavy atom. The van der Waals surface area contributed by atoms with Gasteiger partial charge >= 0.3 is 5.97 Å². The van der Waals surface area contributed by atoms with E-state index in [1.165, 1.54) is 17.6 Å². The number of carbonyl (C=O) groups is 1. The quantitative estimate of drug-likeness (QED) is 0.856. The first-order valence-electron chi connectivity index (χ1n) is 6.52. The topological polar surface area (TPSA) is 49.8 Å². The molecule has 1 aliphatic carbocycles. The van der Waals surface area contributed by atoms with Crippen molar-refractivity contribution in [1.82, 2.24) is 4.90 Å². The summed E-state index contributed by atoms with van der Waals surface area (Å²) in [6, 6.07) is 2.14. The molecule has 1 aromatic rings. The van der Waals surface area contributed by atoms with Crippen LogP contribution in [0.2, 0.25) is 0 Å². The first kappa shape index (κ1) is 14.5. The normalized spacial score (nSPS) is 26.9. The van der Waals surface area contributed by atoms with Crippen molar-refractivity contribution in [3.8, 4) is 0 Å². The summed E-state index contributed by atoms with van der Waals surface area (Å²) in [7, 11) is 3.41. The lowest BCUT2D eigenvalue weighted by Gasteiger charge is -2.26. The van der Waals surface area contributed by atoms with Crippen LogP contribution in [0.25, 0.3) is 0 Å². The van der Waals surface area contributed by atoms with Gasteiger partial charge in [-0.3, -0.25) is 9.69 Å². The minimum atomic E-state index is -0.450. The minimum absolute atomic E-state index is 0.0330. The Morgan fingerprint density at radius 2 is 2.32 bits per heavy atom. The van der Waals surface area contributed by atoms with Crippen molar-refractivity contribution in [3.63, 3.8) is 0 Å². The van der Waals surface area contributed by atoms with Crippen molar-refractivity contribution in [1.29, 1.82) is 0 Å². The zero-order valence-electron chi connectivity index (χ0n) is 11.6. The number of hydrogen-bond donors (Lipinski definition) is 1. The average molecular weight is 283 g/mol. The molecule has 1 aliphatic rings. The molecule has 19 heavy (non-hydrogen) atoms. The lowest BCUT2D eigenvalue weighted by molar-refractivity contribution is -0.145. The lowest BCUT2D eigenvalue weighted by Crippen LogP contribution is -2.37. The second kappa shape index (κ2) is 6.03. The molecule has 0 aliphatic heterocycles. The summed E-state index contributed by atoms with van der Waals surface area (Å²) in [6.07, 6.45) is 0.731. The van der Waals surface area contributed by atoms with Gasteiger partial charge < -0.3 is 9.84 Å². The molecule has 1 N–H and O–H groups in total. The van der Waals surface area contributed by atoms with Crippen molar-refractivity contribution < 1.29 is 14.6 Å². The van der Waals surface area contributed by atoms with Crippen molar-refractivity contribution >= 4 is 17.3 Å². The number of nitrogens with zero attached hydrogens (tertiary/aromatic N) is 1. The predicted octanol–water partition coefficient (Wildman–Crippen LogP) is 1.80. The van der Waals surface area contributed by atoms with Crippen LogP contribution in [0.5, 0.6) is 0 Å². The Labute approximate surface area is 118 Å². The van der Waals surface area contributed by atoms with Gasteiger partial charge in [0.1, 0.15) is 0 Å². The second-order valence-electron chi connectivity index (χ2n) is 5.27. The highest BCUT2D eigenvalue weighted by atomic mass is 32.1. The van der Waals surface area contributed by atoms with Crippen LogP contribution in [-0.2, 0) is 16.1 Å². The monoisotopic (exact) mass is 283 g/mol. The molecular weight excluding hydrogens is 262 g/mol. The molecule has 2 rings (SSSR count). The molecule has 0 amide bonds. The number of aliphatic hydroxyl groups is 1. The molecular formula is C14H21NO3S. The molecule has 0 radical (unpaired) electrons. The molecule has 0 bridgehead atoms. The predicted molar refractivity (Wildman–Crippen MR) is 75.1 cm³/mol. The molecule has 3 atom stereocenters. The maximum Gasteiger partial charge on any atom is 0.308 e. The van der Waals surface area contributed by atoms with Crippen LogP contribution < -0.4 is 0 Å². The molecule has 1 heterocycles. The molecule has 0 saturated heterocycles. The number of ether oxygens (including phenoxy) is 1. The third-order valence-electron chi connectivity index (χ3n) is 3.96. The molecule has 3 unspecified atom stereocenters. The van der Waals surface area contributed by atoms with Gasteiger partial charge in [-0.05, 0) is 43.8 Å². The number of aliphatic hydroxyl groups excluding tert-OH is 1. The van der Waals surface area contributed by atoms with E-state index in [9.17, 15) is 9.90 Å². The van der Waals surface area contributed by atoms with Gasteiger partial charge in [0.05, 0.1) is 19.1 Å². The third-order valence-corrected chi connectivity index (χ3v) is 4.97. The van der Waals surface area contributed by atoms with E-state index in [-0.39, 0.29) is 17.9 Å². The summed E-state index contributed by atoms with van der Waals surface area (Å²) in [5.41, 5.74) is 1.29. The number of aryl methyl sites for hydroxylation is 1. The molecule has 5 heteroatoms. The third kappa shape index (κ3) is 3.16. The fourth-order valence-corrected chi connectivity index (χ4v) is 3.70. The number of methoxy groups -OCH3 is 1. The maximum atomic E-state index is 11.5. The molecule has 4 nitrogen and oxygen atoms in total. The molecule has 0 spiro atoms. The number of likely N-dealkylation sites (N-methyl/N-ethyl adjacent to an activating group) is 1. The van der Waals surface area contributed by atoms with E-state index in [0.717, 1.165) is 6.54 Å². The zero-order valence-corrected chi connectivity index (χ0v) is 12.4. The van der Waals surface area contributed by atoms with Crippen molar-refractivity contribution in [2.75, 3.05) is 14.2 Å². The van der Waals surface area contributed by atoms with Crippen LogP contribution in [-0.4, -0.2) is 42.3 Å². The number of carbonyl (C=O) groups excluding carboxylic acids is 1. The van der Waals surface area contributed by atoms with Gasteiger partial charge in [0.15, 0.2) is 0 Å². The van der Waals surface area contributed by atoms with Crippen LogP contribution in [0.15, 0.2) is 11.4 Å². The highest BCUT2D eigenvalue weighted by molar-refractivity contribution is 7.10. The highest BCUT2D eigenvalue weighted by Crippen LogP contribution is 2.31. The zero-order chi connectivity index (χ0) is 14.0. The van der Waals surface area contributed by atoms with Crippen LogP contribution in [0.3, 0.4) is 0 Å². The van der Waals surface area contributed by atoms with Gasteiger partial charge in [0.25, 0.3) is 0 Å². The Hall–Kier alpha value is -0.910. The smallest absolute Gasteiger partial charge is 0.308 e. The maximum absolute atomic E-state index is 11.5. The van der Waals surface area contributed by atoms with E-state index in [4.69, 9.17) is 4.74 Å². The summed E-state index contributed by atoms with van der Waals surface area (Å²) in [6.45, 7) is 2.92. The SMILES string of the molecule is COC(=O)C1CC(O)C(N(C)Cc2sccc2C)C1. The number of thiophene rings is 1. The van der Waals surface area contributed by atoms with E-state index >= 15 is 0 Å². The number of esters is 1. The summed E-state index contributed by atoms with van der Waals surface area (Å²) < 4.78 is 4.77. The first-order valence-corrected chi connectivity index (χ1v) is 7.40. The van der Waals surface area contributed by atoms with Crippen LogP contribution in [0.1, 0.15) is 23.3 Å². The summed E-state index contributed by atoms with van der Waals surface area (Å²) in [4.78, 5) is 15.0. The largest absolute Gasteiger partial charge is 0.469 e. The van der Waals surface area contributed by atoms with Gasteiger partial charge in [-0.25, -0.2) is 0 Å². The van der Waals surface area contributed by atoms with E-state index in [1.54, 1.807) is 11.3 Å². The van der Waals surface area contributed by atoms with E-state index in [0.29, 0.717) is 12.8 Å². The number of rotatable bonds is 4. The highest BCUT2D eigenvalue weighted by Gasteiger charge is 2.39. The molecule has 1 fully saturated rings. The van der Waals surface area contributed by atoms with Gasteiger partial charge in [0.2, 0.25) is 0 Å². The van der Waals surface area contributed by atoms with Crippen LogP contribution in [0.4, 0.5) is 0 Å². The lowest BCUT2D eigenvalue weighted by atomic mass is 10.1. The van der Waals surface area contributed by atoms with Crippen LogP contribution in [0, 0.1) is 12.8 Å². The minimum Gasteiger partial charge on any atom is -0.469 e. The average Bonchev–Trinajstić information content (AvgIpc) is 2.95. The Kier molecular flexibility index (Phi) is 4.60. The van der Waals surface area contributed by atoms with Crippen LogP contribution >= 0.6 is 11.3 Å². The summed E-state index contributed by atoms with van der Waals surface area (Å²) in [5, 5.41) is 12.2. The van der Waals surface area contributed by atoms with Crippen molar-refractivity contribution in [2.24, 2.45) is 5.92 Å².